The molecule has 0 amide bonds. The maximum Gasteiger partial charge on any atom is 0.303 e. The molecule has 0 aromatic carbocycles. The average Bonchev–Trinajstić information content (AvgIpc) is 2.71. The number of carboxylic acids is 2. The molecule has 6 N–H and O–H groups in total. The van der Waals surface area contributed by atoms with Gasteiger partial charge in [-0.3, -0.25) is 9.59 Å². The largest absolute Gasteiger partial charge is 0.481 e. The highest BCUT2D eigenvalue weighted by Gasteiger charge is 1.96. The van der Waals surface area contributed by atoms with Gasteiger partial charge in [-0.2, -0.15) is 0 Å². The Bertz CT molecular complexity index is 300. The third-order valence-corrected chi connectivity index (χ3v) is 3.69. The quantitative estimate of drug-likeness (QED) is 0.199. The molecule has 0 heterocycles. The maximum absolute atomic E-state index is 10.3. The normalized spacial score (nSPS) is 9.27. The summed E-state index contributed by atoms with van der Waals surface area (Å²) in [7, 11) is 0. The van der Waals surface area contributed by atoms with Gasteiger partial charge >= 0.3 is 5.97 Å². The van der Waals surface area contributed by atoms with Crippen molar-refractivity contribution < 1.29 is 40.2 Å². The molecule has 8 nitrogen and oxygen atoms in total. The van der Waals surface area contributed by atoms with E-state index in [2.05, 4.69) is 6.92 Å². The number of aliphatic carboxylic acids is 2. The summed E-state index contributed by atoms with van der Waals surface area (Å²) in [6.07, 6.45) is 17.3. The van der Waals surface area contributed by atoms with Gasteiger partial charge in [-0.15, -0.1) is 0 Å². The van der Waals surface area contributed by atoms with Crippen molar-refractivity contribution in [2.75, 3.05) is 26.4 Å². The molecular weight excluding hydrogens is 392 g/mol. The zero-order valence-corrected chi connectivity index (χ0v) is 19.2. The van der Waals surface area contributed by atoms with Gasteiger partial charge in [-0.05, 0) is 6.42 Å². The Kier molecular flexibility index (Phi) is 46.3. The molecule has 0 atom stereocenters. The van der Waals surface area contributed by atoms with Crippen molar-refractivity contribution in [3.8, 4) is 0 Å². The van der Waals surface area contributed by atoms with E-state index in [9.17, 15) is 4.79 Å². The summed E-state index contributed by atoms with van der Waals surface area (Å²) in [5.41, 5.74) is 0. The van der Waals surface area contributed by atoms with E-state index in [1.807, 2.05) is 0 Å². The van der Waals surface area contributed by atoms with Crippen molar-refractivity contribution in [2.24, 2.45) is 0 Å². The number of aliphatic hydroxyl groups is 4. The summed E-state index contributed by atoms with van der Waals surface area (Å²) >= 11 is 0. The Morgan fingerprint density at radius 2 is 0.767 bits per heavy atom. The zero-order chi connectivity index (χ0) is 23.9. The first kappa shape index (κ1) is 36.2. The lowest BCUT2D eigenvalue weighted by molar-refractivity contribution is -0.137. The summed E-state index contributed by atoms with van der Waals surface area (Å²) < 4.78 is 0. The third kappa shape index (κ3) is 71.5. The number of unbranched alkanes of at least 4 members (excludes halogenated alkanes) is 12. The first-order valence-electron chi connectivity index (χ1n) is 11.2. The highest BCUT2D eigenvalue weighted by molar-refractivity contribution is 5.66. The molecule has 0 bridgehead atoms. The molecule has 0 aromatic heterocycles. The number of rotatable bonds is 16. The number of hydrogen-bond donors (Lipinski definition) is 6. The number of carboxylic acid groups (broad SMARTS) is 2. The molecule has 0 aliphatic rings. The van der Waals surface area contributed by atoms with Gasteiger partial charge in [0.05, 0.1) is 26.4 Å². The zero-order valence-electron chi connectivity index (χ0n) is 19.2. The van der Waals surface area contributed by atoms with Crippen LogP contribution in [0.2, 0.25) is 0 Å². The molecular formula is C22H48O8. The molecule has 0 radical (unpaired) electrons. The van der Waals surface area contributed by atoms with Gasteiger partial charge in [0, 0.05) is 13.3 Å². The van der Waals surface area contributed by atoms with E-state index in [1.54, 1.807) is 0 Å². The van der Waals surface area contributed by atoms with Crippen LogP contribution >= 0.6 is 0 Å². The van der Waals surface area contributed by atoms with Gasteiger partial charge in [0.1, 0.15) is 0 Å². The van der Waals surface area contributed by atoms with Gasteiger partial charge in [0.15, 0.2) is 0 Å². The van der Waals surface area contributed by atoms with Crippen LogP contribution in [0, 0.1) is 0 Å². The number of aliphatic hydroxyl groups excluding tert-OH is 4. The van der Waals surface area contributed by atoms with Crippen LogP contribution in [0.3, 0.4) is 0 Å². The number of carbonyl (C=O) groups is 2. The second-order valence-electron chi connectivity index (χ2n) is 6.80. The lowest BCUT2D eigenvalue weighted by atomic mass is 10.0. The van der Waals surface area contributed by atoms with Crippen LogP contribution < -0.4 is 0 Å². The molecule has 0 fully saturated rings. The second kappa shape index (κ2) is 38.4. The van der Waals surface area contributed by atoms with E-state index in [0.717, 1.165) is 19.8 Å². The molecule has 0 aliphatic carbocycles. The molecule has 0 saturated carbocycles. The van der Waals surface area contributed by atoms with E-state index < -0.39 is 11.9 Å². The van der Waals surface area contributed by atoms with Gasteiger partial charge in [0.2, 0.25) is 0 Å². The standard InChI is InChI=1S/C16H32O2.C2H4O2.2C2H6O2/c1-2-3-4-5-6-7-8-9-10-11-12-13-14-15-16(17)18;1-2(3)4;2*3-1-2-4/h2-15H2,1H3,(H,17,18);1H3,(H,3,4);2*3-4H,1-2H2. The maximum atomic E-state index is 10.3. The van der Waals surface area contributed by atoms with Crippen LogP contribution in [-0.2, 0) is 9.59 Å². The highest BCUT2D eigenvalue weighted by Crippen LogP contribution is 2.12. The summed E-state index contributed by atoms with van der Waals surface area (Å²) in [6.45, 7) is 2.84. The van der Waals surface area contributed by atoms with Gasteiger partial charge < -0.3 is 30.6 Å². The molecule has 0 saturated heterocycles. The molecule has 0 aliphatic heterocycles. The molecule has 30 heavy (non-hydrogen) atoms. The van der Waals surface area contributed by atoms with Crippen molar-refractivity contribution in [3.05, 3.63) is 0 Å². The van der Waals surface area contributed by atoms with E-state index in [4.69, 9.17) is 35.4 Å². The molecule has 0 unspecified atom stereocenters. The van der Waals surface area contributed by atoms with Crippen LogP contribution in [0.15, 0.2) is 0 Å². The molecule has 0 aromatic rings. The van der Waals surface area contributed by atoms with Crippen LogP contribution in [-0.4, -0.2) is 69.0 Å². The first-order chi connectivity index (χ1) is 14.3. The van der Waals surface area contributed by atoms with Crippen molar-refractivity contribution in [2.45, 2.75) is 104 Å². The topological polar surface area (TPSA) is 156 Å². The van der Waals surface area contributed by atoms with Crippen molar-refractivity contribution in [1.82, 2.24) is 0 Å². The minimum Gasteiger partial charge on any atom is -0.481 e. The van der Waals surface area contributed by atoms with Crippen LogP contribution in [0.4, 0.5) is 0 Å². The van der Waals surface area contributed by atoms with E-state index >= 15 is 0 Å². The summed E-state index contributed by atoms with van der Waals surface area (Å²) in [6, 6.07) is 0. The predicted molar refractivity (Wildman–Crippen MR) is 120 cm³/mol. The highest BCUT2D eigenvalue weighted by atomic mass is 16.4. The lowest BCUT2D eigenvalue weighted by Crippen LogP contribution is -1.93. The van der Waals surface area contributed by atoms with Gasteiger partial charge in [-0.1, -0.05) is 84.0 Å². The average molecular weight is 441 g/mol. The molecule has 0 rings (SSSR count). The molecule has 0 spiro atoms. The Morgan fingerprint density at radius 1 is 0.533 bits per heavy atom. The van der Waals surface area contributed by atoms with Crippen LogP contribution in [0.25, 0.3) is 0 Å². The molecule has 184 valence electrons. The first-order valence-corrected chi connectivity index (χ1v) is 11.2. The van der Waals surface area contributed by atoms with E-state index in [0.29, 0.717) is 6.42 Å². The van der Waals surface area contributed by atoms with Crippen molar-refractivity contribution in [3.63, 3.8) is 0 Å². The Labute approximate surface area is 183 Å². The third-order valence-electron chi connectivity index (χ3n) is 3.69. The van der Waals surface area contributed by atoms with E-state index in [1.165, 1.54) is 70.6 Å². The van der Waals surface area contributed by atoms with Crippen molar-refractivity contribution in [1.29, 1.82) is 0 Å². The predicted octanol–water partition coefficient (Wildman–Crippen LogP) is 3.59. The Morgan fingerprint density at radius 3 is 0.967 bits per heavy atom. The second-order valence-corrected chi connectivity index (χ2v) is 6.80. The van der Waals surface area contributed by atoms with Crippen LogP contribution in [0.1, 0.15) is 104 Å². The minimum absolute atomic E-state index is 0.125. The van der Waals surface area contributed by atoms with Crippen LogP contribution in [0.5, 0.6) is 0 Å². The van der Waals surface area contributed by atoms with Gasteiger partial charge in [-0.25, -0.2) is 0 Å². The fourth-order valence-corrected chi connectivity index (χ4v) is 2.29. The Balaban J connectivity index is -0.000000229. The van der Waals surface area contributed by atoms with Gasteiger partial charge in [0.25, 0.3) is 5.97 Å². The number of hydrogen-bond acceptors (Lipinski definition) is 6. The summed E-state index contributed by atoms with van der Waals surface area (Å²) in [5.74, 6) is -1.49. The Hall–Kier alpha value is -1.22. The SMILES string of the molecule is CC(=O)O.CCCCCCCCCCCCCCCC(=O)O.OCCO.OCCO. The smallest absolute Gasteiger partial charge is 0.303 e. The summed E-state index contributed by atoms with van der Waals surface area (Å²) in [4.78, 5) is 19.3. The van der Waals surface area contributed by atoms with E-state index in [-0.39, 0.29) is 26.4 Å². The monoisotopic (exact) mass is 440 g/mol. The fraction of sp³-hybridized carbons (Fsp3) is 0.909. The fourth-order valence-electron chi connectivity index (χ4n) is 2.29. The minimum atomic E-state index is -0.833. The summed E-state index contributed by atoms with van der Waals surface area (Å²) in [5, 5.41) is 46.4. The van der Waals surface area contributed by atoms with Crippen molar-refractivity contribution >= 4 is 11.9 Å². The lowest BCUT2D eigenvalue weighted by Gasteiger charge is -2.02. The molecule has 8 heteroatoms.